The predicted octanol–water partition coefficient (Wildman–Crippen LogP) is -3.26. The maximum atomic E-state index is 10.1. The number of hydrogen-bond acceptors (Lipinski definition) is 9. The molecule has 0 aromatic heterocycles. The molecular weight excluding hydrogens is 256 g/mol. The fourth-order valence-electron chi connectivity index (χ4n) is 0.615. The zero-order valence-corrected chi connectivity index (χ0v) is 9.20. The summed E-state index contributed by atoms with van der Waals surface area (Å²) in [5.41, 5.74) is 0. The number of carbonyl (C=O) groups excluding carboxylic acids is 2. The van der Waals surface area contributed by atoms with Crippen LogP contribution < -0.4 is 0 Å². The first-order valence-electron chi connectivity index (χ1n) is 4.41. The third-order valence-corrected chi connectivity index (χ3v) is 1.54. The van der Waals surface area contributed by atoms with Gasteiger partial charge in [-0.2, -0.15) is 5.26 Å². The van der Waals surface area contributed by atoms with Crippen molar-refractivity contribution in [2.75, 3.05) is 0 Å². The Labute approximate surface area is 101 Å². The molecule has 0 aromatic rings. The summed E-state index contributed by atoms with van der Waals surface area (Å²) in [6.45, 7) is 1.11. The van der Waals surface area contributed by atoms with Gasteiger partial charge in [-0.05, 0) is 0 Å². The molecule has 0 fully saturated rings. The molecule has 0 radical (unpaired) electrons. The molecule has 0 heterocycles. The number of carboxylic acids is 1. The molecule has 18 heavy (non-hydrogen) atoms. The highest BCUT2D eigenvalue weighted by molar-refractivity contribution is 5.73. The van der Waals surface area contributed by atoms with Crippen LogP contribution in [0.5, 0.6) is 0 Å². The van der Waals surface area contributed by atoms with E-state index in [4.69, 9.17) is 30.8 Å². The van der Waals surface area contributed by atoms with Crippen LogP contribution in [-0.2, 0) is 19.3 Å². The van der Waals surface area contributed by atoms with Gasteiger partial charge < -0.3 is 35.2 Å². The minimum absolute atomic E-state index is 0.0809. The van der Waals surface area contributed by atoms with Crippen molar-refractivity contribution in [3.05, 3.63) is 0 Å². The summed E-state index contributed by atoms with van der Waals surface area (Å²) in [5, 5.41) is 50.5. The van der Waals surface area contributed by atoms with Crippen LogP contribution >= 0.6 is 0 Å². The van der Waals surface area contributed by atoms with Gasteiger partial charge in [-0.1, -0.05) is 0 Å². The summed E-state index contributed by atoms with van der Waals surface area (Å²) < 4.78 is 0. The second-order valence-electron chi connectivity index (χ2n) is 2.97. The Balaban J connectivity index is 0. The number of aliphatic hydroxyl groups is 4. The van der Waals surface area contributed by atoms with E-state index >= 15 is 0 Å². The quantitative estimate of drug-likeness (QED) is 0.168. The smallest absolute Gasteiger partial charge is 0.339 e. The van der Waals surface area contributed by atoms with E-state index < -0.39 is 36.4 Å². The highest BCUT2D eigenvalue weighted by atomic mass is 17.1. The van der Waals surface area contributed by atoms with E-state index in [1.807, 2.05) is 0 Å². The number of aldehydes is 1. The Hall–Kier alpha value is -1.59. The van der Waals surface area contributed by atoms with E-state index in [-0.39, 0.29) is 6.29 Å². The van der Waals surface area contributed by atoms with Gasteiger partial charge in [0.15, 0.2) is 12.4 Å². The van der Waals surface area contributed by atoms with E-state index in [1.165, 1.54) is 0 Å². The van der Waals surface area contributed by atoms with Crippen molar-refractivity contribution < 1.29 is 50.1 Å². The maximum absolute atomic E-state index is 10.1. The van der Waals surface area contributed by atoms with Gasteiger partial charge in [-0.3, -0.25) is 0 Å². The van der Waals surface area contributed by atoms with E-state index in [1.54, 1.807) is 0 Å². The predicted molar refractivity (Wildman–Crippen MR) is 52.1 cm³/mol. The van der Waals surface area contributed by atoms with Gasteiger partial charge in [-0.25, -0.2) is 9.59 Å². The average molecular weight is 270 g/mol. The fourth-order valence-corrected chi connectivity index (χ4v) is 0.615. The lowest BCUT2D eigenvalue weighted by Crippen LogP contribution is -2.48. The highest BCUT2D eigenvalue weighted by Crippen LogP contribution is 2.03. The summed E-state index contributed by atoms with van der Waals surface area (Å²) >= 11 is 0. The van der Waals surface area contributed by atoms with E-state index in [0.29, 0.717) is 0 Å². The molecule has 0 aliphatic rings. The second kappa shape index (κ2) is 9.44. The minimum Gasteiger partial charge on any atom is -0.479 e. The number of aliphatic hydroxyl groups excluding tert-OH is 4. The summed E-state index contributed by atoms with van der Waals surface area (Å²) in [6.07, 6.45) is -8.39. The zero-order chi connectivity index (χ0) is 14.9. The first-order chi connectivity index (χ1) is 8.18. The molecule has 0 spiro atoms. The van der Waals surface area contributed by atoms with E-state index in [9.17, 15) is 14.4 Å². The molecule has 0 aromatic carbocycles. The van der Waals surface area contributed by atoms with Crippen molar-refractivity contribution in [3.8, 4) is 0 Å². The molecule has 0 rings (SSSR count). The summed E-state index contributed by atoms with van der Waals surface area (Å²) in [6, 6.07) is 0. The van der Waals surface area contributed by atoms with Gasteiger partial charge in [0.25, 0.3) is 0 Å². The molecule has 10 nitrogen and oxygen atoms in total. The van der Waals surface area contributed by atoms with Crippen LogP contribution in [0.4, 0.5) is 0 Å². The van der Waals surface area contributed by atoms with Crippen LogP contribution in [0, 0.1) is 0 Å². The van der Waals surface area contributed by atoms with Gasteiger partial charge >= 0.3 is 11.9 Å². The number of carboxylic acid groups (broad SMARTS) is 1. The average Bonchev–Trinajstić information content (AvgIpc) is 2.35. The van der Waals surface area contributed by atoms with Gasteiger partial charge in [0.2, 0.25) is 0 Å². The molecule has 0 amide bonds. The van der Waals surface area contributed by atoms with E-state index in [2.05, 4.69) is 4.89 Å². The van der Waals surface area contributed by atoms with Crippen LogP contribution in [0.15, 0.2) is 0 Å². The molecule has 4 unspecified atom stereocenters. The van der Waals surface area contributed by atoms with Crippen molar-refractivity contribution in [1.82, 2.24) is 0 Å². The van der Waals surface area contributed by atoms with Gasteiger partial charge in [0, 0.05) is 6.92 Å². The van der Waals surface area contributed by atoms with Gasteiger partial charge in [0.1, 0.15) is 18.3 Å². The molecule has 0 saturated heterocycles. The molecule has 0 aliphatic heterocycles. The standard InChI is InChI=1S/C6H10O7.C2H4O3/c7-1-2(8)3(9)4(10)5(11)6(12)13;1-2(3)5-4/h1-5,8-11H,(H,12,13);4H,1H3. The lowest BCUT2D eigenvalue weighted by molar-refractivity contribution is -0.231. The van der Waals surface area contributed by atoms with Crippen LogP contribution in [0.1, 0.15) is 6.92 Å². The summed E-state index contributed by atoms with van der Waals surface area (Å²) in [5.74, 6) is -2.45. The Kier molecular flexibility index (Phi) is 9.84. The lowest BCUT2D eigenvalue weighted by Gasteiger charge is -2.21. The van der Waals surface area contributed by atoms with Gasteiger partial charge in [0.05, 0.1) is 0 Å². The largest absolute Gasteiger partial charge is 0.479 e. The molecular formula is C8H14O10. The van der Waals surface area contributed by atoms with Crippen LogP contribution in [0.2, 0.25) is 0 Å². The van der Waals surface area contributed by atoms with E-state index in [0.717, 1.165) is 6.92 Å². The second-order valence-corrected chi connectivity index (χ2v) is 2.97. The van der Waals surface area contributed by atoms with Crippen molar-refractivity contribution >= 4 is 18.2 Å². The summed E-state index contributed by atoms with van der Waals surface area (Å²) in [7, 11) is 0. The topological polar surface area (TPSA) is 182 Å². The molecule has 4 atom stereocenters. The number of hydrogen-bond donors (Lipinski definition) is 6. The summed E-state index contributed by atoms with van der Waals surface area (Å²) in [4.78, 5) is 32.4. The van der Waals surface area contributed by atoms with Gasteiger partial charge in [-0.15, -0.1) is 0 Å². The Morgan fingerprint density at radius 3 is 1.72 bits per heavy atom. The number of carbonyl (C=O) groups is 3. The highest BCUT2D eigenvalue weighted by Gasteiger charge is 2.33. The van der Waals surface area contributed by atoms with Crippen molar-refractivity contribution in [1.29, 1.82) is 0 Å². The third-order valence-electron chi connectivity index (χ3n) is 1.54. The normalized spacial score (nSPS) is 16.3. The molecule has 106 valence electrons. The maximum Gasteiger partial charge on any atom is 0.339 e. The first kappa shape index (κ1) is 18.8. The van der Waals surface area contributed by atoms with Crippen LogP contribution in [0.3, 0.4) is 0 Å². The molecule has 0 bridgehead atoms. The Morgan fingerprint density at radius 1 is 1.11 bits per heavy atom. The minimum atomic E-state index is -2.25. The zero-order valence-electron chi connectivity index (χ0n) is 9.20. The monoisotopic (exact) mass is 270 g/mol. The van der Waals surface area contributed by atoms with Crippen molar-refractivity contribution in [3.63, 3.8) is 0 Å². The molecule has 10 heteroatoms. The van der Waals surface area contributed by atoms with Crippen molar-refractivity contribution in [2.45, 2.75) is 31.3 Å². The number of aliphatic carboxylic acids is 1. The first-order valence-corrected chi connectivity index (χ1v) is 4.41. The molecule has 0 aliphatic carbocycles. The fraction of sp³-hybridized carbons (Fsp3) is 0.625. The van der Waals surface area contributed by atoms with Crippen molar-refractivity contribution in [2.24, 2.45) is 0 Å². The SMILES string of the molecule is CC(=O)OO.O=CC(O)C(O)C(O)C(O)C(=O)O. The van der Waals surface area contributed by atoms with Crippen LogP contribution in [-0.4, -0.2) is 73.4 Å². The number of rotatable bonds is 5. The Morgan fingerprint density at radius 2 is 1.50 bits per heavy atom. The molecule has 0 saturated carbocycles. The lowest BCUT2D eigenvalue weighted by atomic mass is 10.0. The van der Waals surface area contributed by atoms with Crippen LogP contribution in [0.25, 0.3) is 0 Å². The Bertz CT molecular complexity index is 277. The molecule has 6 N–H and O–H groups in total. The third kappa shape index (κ3) is 7.65.